The van der Waals surface area contributed by atoms with Crippen LogP contribution in [0.1, 0.15) is 24.5 Å². The van der Waals surface area contributed by atoms with Crippen molar-refractivity contribution in [3.8, 4) is 0 Å². The van der Waals surface area contributed by atoms with Crippen LogP contribution in [-0.4, -0.2) is 27.4 Å². The third-order valence-corrected chi connectivity index (χ3v) is 5.04. The second kappa shape index (κ2) is 8.31. The zero-order chi connectivity index (χ0) is 19.4. The number of aromatic amines is 1. The van der Waals surface area contributed by atoms with Crippen LogP contribution in [-0.2, 0) is 24.3 Å². The number of hydrogen-bond acceptors (Lipinski definition) is 3. The Balaban J connectivity index is 1.69. The molecule has 0 aliphatic rings. The van der Waals surface area contributed by atoms with E-state index in [4.69, 9.17) is 12.2 Å². The Morgan fingerprint density at radius 1 is 1.11 bits per heavy atom. The monoisotopic (exact) mass is 381 g/mol. The molecule has 0 saturated carbocycles. The van der Waals surface area contributed by atoms with Crippen LogP contribution in [0.15, 0.2) is 53.3 Å². The second-order valence-electron chi connectivity index (χ2n) is 6.60. The van der Waals surface area contributed by atoms with Gasteiger partial charge in [0.05, 0.1) is 10.9 Å². The average Bonchev–Trinajstić information content (AvgIpc) is 2.68. The number of nitrogens with one attached hydrogen (secondary N) is 1. The maximum absolute atomic E-state index is 12.6. The predicted octanol–water partition coefficient (Wildman–Crippen LogP) is 3.67. The van der Waals surface area contributed by atoms with Crippen molar-refractivity contribution in [1.29, 1.82) is 0 Å². The smallest absolute Gasteiger partial charge is 0.262 e. The zero-order valence-corrected chi connectivity index (χ0v) is 16.4. The van der Waals surface area contributed by atoms with Gasteiger partial charge in [-0.25, -0.2) is 0 Å². The first kappa shape index (κ1) is 19.0. The number of H-pyrrole nitrogens is 1. The summed E-state index contributed by atoms with van der Waals surface area (Å²) in [5, 5.41) is 0.572. The number of nitrogens with zero attached hydrogens (tertiary/aromatic N) is 2. The van der Waals surface area contributed by atoms with E-state index >= 15 is 0 Å². The third-order valence-electron chi connectivity index (χ3n) is 4.72. The largest absolute Gasteiger partial charge is 0.341 e. The number of benzene rings is 2. The molecule has 27 heavy (non-hydrogen) atoms. The molecule has 1 amide bonds. The molecule has 3 rings (SSSR count). The van der Waals surface area contributed by atoms with Gasteiger partial charge in [-0.05, 0) is 41.9 Å². The number of amides is 1. The van der Waals surface area contributed by atoms with Gasteiger partial charge in [-0.3, -0.25) is 14.2 Å². The SMILES string of the molecule is CCc1ccc(CN(C)C(=O)CCn2c(=S)[nH]c3ccccc3c2=O)cc1. The highest BCUT2D eigenvalue weighted by molar-refractivity contribution is 7.71. The minimum atomic E-state index is -0.167. The molecule has 0 saturated heterocycles. The highest BCUT2D eigenvalue weighted by Crippen LogP contribution is 2.09. The van der Waals surface area contributed by atoms with Crippen molar-refractivity contribution in [2.24, 2.45) is 0 Å². The number of aryl methyl sites for hydroxylation is 1. The Kier molecular flexibility index (Phi) is 5.86. The molecule has 0 bridgehead atoms. The summed E-state index contributed by atoms with van der Waals surface area (Å²) in [5.74, 6) is -0.0240. The van der Waals surface area contributed by atoms with Crippen molar-refractivity contribution in [2.75, 3.05) is 7.05 Å². The molecule has 140 valence electrons. The van der Waals surface area contributed by atoms with Crippen LogP contribution in [0, 0.1) is 4.77 Å². The topological polar surface area (TPSA) is 58.1 Å². The fraction of sp³-hybridized carbons (Fsp3) is 0.286. The van der Waals surface area contributed by atoms with Crippen molar-refractivity contribution >= 4 is 29.0 Å². The normalized spacial score (nSPS) is 10.9. The Labute approximate surface area is 163 Å². The maximum Gasteiger partial charge on any atom is 0.262 e. The lowest BCUT2D eigenvalue weighted by Crippen LogP contribution is -2.29. The fourth-order valence-electron chi connectivity index (χ4n) is 3.04. The first-order valence-electron chi connectivity index (χ1n) is 9.03. The van der Waals surface area contributed by atoms with E-state index in [1.807, 2.05) is 30.3 Å². The summed E-state index contributed by atoms with van der Waals surface area (Å²) in [5.41, 5.74) is 2.91. The molecule has 0 unspecified atom stereocenters. The number of carbonyl (C=O) groups excluding carboxylic acids is 1. The quantitative estimate of drug-likeness (QED) is 0.663. The van der Waals surface area contributed by atoms with Gasteiger partial charge in [0.15, 0.2) is 4.77 Å². The molecule has 3 aromatic rings. The molecule has 1 aromatic heterocycles. The molecule has 0 aliphatic heterocycles. The van der Waals surface area contributed by atoms with Crippen LogP contribution in [0.4, 0.5) is 0 Å². The van der Waals surface area contributed by atoms with E-state index in [0.717, 1.165) is 12.0 Å². The molecule has 5 nitrogen and oxygen atoms in total. The number of fused-ring (bicyclic) bond motifs is 1. The van der Waals surface area contributed by atoms with Crippen molar-refractivity contribution < 1.29 is 4.79 Å². The molecule has 0 fully saturated rings. The fourth-order valence-corrected chi connectivity index (χ4v) is 3.33. The van der Waals surface area contributed by atoms with Gasteiger partial charge in [0.2, 0.25) is 5.91 Å². The number of carbonyl (C=O) groups is 1. The molecular weight excluding hydrogens is 358 g/mol. The van der Waals surface area contributed by atoms with Crippen LogP contribution in [0.2, 0.25) is 0 Å². The third kappa shape index (κ3) is 4.34. The van der Waals surface area contributed by atoms with E-state index in [9.17, 15) is 9.59 Å². The van der Waals surface area contributed by atoms with Gasteiger partial charge >= 0.3 is 0 Å². The van der Waals surface area contributed by atoms with Crippen LogP contribution < -0.4 is 5.56 Å². The minimum absolute atomic E-state index is 0.0240. The van der Waals surface area contributed by atoms with E-state index in [2.05, 4.69) is 24.0 Å². The summed E-state index contributed by atoms with van der Waals surface area (Å²) in [4.78, 5) is 29.9. The summed E-state index contributed by atoms with van der Waals surface area (Å²) in [6.45, 7) is 2.92. The summed E-state index contributed by atoms with van der Waals surface area (Å²) in [6, 6.07) is 15.5. The Hall–Kier alpha value is -2.73. The molecule has 0 atom stereocenters. The Morgan fingerprint density at radius 2 is 1.78 bits per heavy atom. The lowest BCUT2D eigenvalue weighted by atomic mass is 10.1. The van der Waals surface area contributed by atoms with Crippen LogP contribution in [0.3, 0.4) is 0 Å². The van der Waals surface area contributed by atoms with E-state index in [1.54, 1.807) is 18.0 Å². The van der Waals surface area contributed by atoms with Gasteiger partial charge in [0.25, 0.3) is 5.56 Å². The van der Waals surface area contributed by atoms with Crippen molar-refractivity contribution in [3.63, 3.8) is 0 Å². The lowest BCUT2D eigenvalue weighted by molar-refractivity contribution is -0.130. The number of hydrogen-bond donors (Lipinski definition) is 1. The predicted molar refractivity (Wildman–Crippen MR) is 110 cm³/mol. The van der Waals surface area contributed by atoms with Crippen molar-refractivity contribution in [1.82, 2.24) is 14.5 Å². The lowest BCUT2D eigenvalue weighted by Gasteiger charge is -2.18. The summed E-state index contributed by atoms with van der Waals surface area (Å²) < 4.78 is 1.80. The van der Waals surface area contributed by atoms with Crippen LogP contribution in [0.25, 0.3) is 10.9 Å². The summed E-state index contributed by atoms with van der Waals surface area (Å²) >= 11 is 5.30. The van der Waals surface area contributed by atoms with Crippen molar-refractivity contribution in [3.05, 3.63) is 74.8 Å². The van der Waals surface area contributed by atoms with E-state index in [0.29, 0.717) is 22.2 Å². The highest BCUT2D eigenvalue weighted by atomic mass is 32.1. The standard InChI is InChI=1S/C21H23N3O2S/c1-3-15-8-10-16(11-9-15)14-23(2)19(25)12-13-24-20(26)17-6-4-5-7-18(17)22-21(24)27/h4-11H,3,12-14H2,1-2H3,(H,22,27). The maximum atomic E-state index is 12.6. The van der Waals surface area contributed by atoms with Gasteiger partial charge in [-0.1, -0.05) is 43.3 Å². The number of para-hydroxylation sites is 1. The average molecular weight is 382 g/mol. The molecule has 6 heteroatoms. The first-order chi connectivity index (χ1) is 13.0. The molecule has 1 heterocycles. The molecular formula is C21H23N3O2S. The van der Waals surface area contributed by atoms with Crippen molar-refractivity contribution in [2.45, 2.75) is 32.9 Å². The minimum Gasteiger partial charge on any atom is -0.341 e. The number of rotatable bonds is 6. The van der Waals surface area contributed by atoms with Gasteiger partial charge in [0, 0.05) is 26.6 Å². The summed E-state index contributed by atoms with van der Waals surface area (Å²) in [6.07, 6.45) is 1.22. The van der Waals surface area contributed by atoms with Crippen LogP contribution in [0.5, 0.6) is 0 Å². The Morgan fingerprint density at radius 3 is 2.48 bits per heavy atom. The van der Waals surface area contributed by atoms with E-state index in [1.165, 1.54) is 10.1 Å². The Bertz CT molecular complexity index is 1070. The van der Waals surface area contributed by atoms with E-state index in [-0.39, 0.29) is 24.4 Å². The van der Waals surface area contributed by atoms with E-state index < -0.39 is 0 Å². The molecule has 0 radical (unpaired) electrons. The zero-order valence-electron chi connectivity index (χ0n) is 15.6. The van der Waals surface area contributed by atoms with Gasteiger partial charge < -0.3 is 9.88 Å². The summed E-state index contributed by atoms with van der Waals surface area (Å²) in [7, 11) is 1.78. The molecule has 1 N–H and O–H groups in total. The van der Waals surface area contributed by atoms with Gasteiger partial charge in [-0.15, -0.1) is 0 Å². The van der Waals surface area contributed by atoms with Gasteiger partial charge in [-0.2, -0.15) is 0 Å². The second-order valence-corrected chi connectivity index (χ2v) is 6.99. The molecule has 0 spiro atoms. The first-order valence-corrected chi connectivity index (χ1v) is 9.44. The molecule has 2 aromatic carbocycles. The van der Waals surface area contributed by atoms with Crippen LogP contribution >= 0.6 is 12.2 Å². The molecule has 0 aliphatic carbocycles. The number of aromatic nitrogens is 2. The van der Waals surface area contributed by atoms with Gasteiger partial charge in [0.1, 0.15) is 0 Å². The highest BCUT2D eigenvalue weighted by Gasteiger charge is 2.12.